The van der Waals surface area contributed by atoms with Crippen LogP contribution in [0.1, 0.15) is 38.4 Å². The second-order valence-electron chi connectivity index (χ2n) is 6.51. The highest BCUT2D eigenvalue weighted by atomic mass is 16.5. The molecular formula is C18H19N3O3. The van der Waals surface area contributed by atoms with Gasteiger partial charge >= 0.3 is 0 Å². The Morgan fingerprint density at radius 3 is 2.83 bits per heavy atom. The standard InChI is InChI=1S/C18H19N3O3/c1-20-9-13(16(19)22)8-15(20)17(23)21-7-6-18(11-21)14-5-3-2-4-12(14)10-24-18/h2-5,8-9H,6-7,10-11H2,1H3,(H2,19,22). The van der Waals surface area contributed by atoms with Gasteiger partial charge < -0.3 is 19.9 Å². The molecule has 0 saturated carbocycles. The first-order valence-electron chi connectivity index (χ1n) is 7.98. The van der Waals surface area contributed by atoms with E-state index in [1.165, 1.54) is 11.1 Å². The number of rotatable bonds is 2. The molecule has 6 nitrogen and oxygen atoms in total. The maximum Gasteiger partial charge on any atom is 0.270 e. The fourth-order valence-electron chi connectivity index (χ4n) is 3.75. The van der Waals surface area contributed by atoms with Gasteiger partial charge in [0, 0.05) is 19.8 Å². The van der Waals surface area contributed by atoms with Crippen molar-refractivity contribution in [3.63, 3.8) is 0 Å². The maximum absolute atomic E-state index is 12.9. The van der Waals surface area contributed by atoms with E-state index in [4.69, 9.17) is 10.5 Å². The van der Waals surface area contributed by atoms with E-state index in [9.17, 15) is 9.59 Å². The highest BCUT2D eigenvalue weighted by molar-refractivity contribution is 5.98. The molecule has 1 aromatic carbocycles. The predicted molar refractivity (Wildman–Crippen MR) is 87.4 cm³/mol. The van der Waals surface area contributed by atoms with Crippen molar-refractivity contribution >= 4 is 11.8 Å². The van der Waals surface area contributed by atoms with Crippen LogP contribution in [0.15, 0.2) is 36.5 Å². The Morgan fingerprint density at radius 2 is 2.08 bits per heavy atom. The number of ether oxygens (including phenoxy) is 1. The molecule has 24 heavy (non-hydrogen) atoms. The van der Waals surface area contributed by atoms with Crippen molar-refractivity contribution in [1.29, 1.82) is 0 Å². The molecule has 1 fully saturated rings. The first-order valence-corrected chi connectivity index (χ1v) is 7.98. The van der Waals surface area contributed by atoms with Crippen LogP contribution in [-0.2, 0) is 24.0 Å². The second kappa shape index (κ2) is 5.21. The number of nitrogens with two attached hydrogens (primary N) is 1. The van der Waals surface area contributed by atoms with Crippen LogP contribution in [0.4, 0.5) is 0 Å². The Morgan fingerprint density at radius 1 is 1.29 bits per heavy atom. The number of benzene rings is 1. The molecule has 1 unspecified atom stereocenters. The summed E-state index contributed by atoms with van der Waals surface area (Å²) >= 11 is 0. The number of aromatic nitrogens is 1. The molecule has 3 heterocycles. The zero-order valence-corrected chi connectivity index (χ0v) is 13.5. The van der Waals surface area contributed by atoms with Gasteiger partial charge in [-0.3, -0.25) is 9.59 Å². The van der Waals surface area contributed by atoms with Crippen molar-refractivity contribution < 1.29 is 14.3 Å². The zero-order chi connectivity index (χ0) is 16.9. The van der Waals surface area contributed by atoms with Crippen molar-refractivity contribution in [3.05, 3.63) is 58.9 Å². The molecule has 1 atom stereocenters. The molecule has 0 bridgehead atoms. The summed E-state index contributed by atoms with van der Waals surface area (Å²) in [6.45, 7) is 1.75. The molecule has 2 aliphatic rings. The topological polar surface area (TPSA) is 77.6 Å². The van der Waals surface area contributed by atoms with Crippen LogP contribution < -0.4 is 5.73 Å². The summed E-state index contributed by atoms with van der Waals surface area (Å²) in [6, 6.07) is 9.73. The molecule has 1 saturated heterocycles. The molecule has 2 aromatic rings. The summed E-state index contributed by atoms with van der Waals surface area (Å²) in [5.41, 5.74) is 8.09. The number of aryl methyl sites for hydroxylation is 1. The first-order chi connectivity index (χ1) is 11.5. The number of hydrogen-bond donors (Lipinski definition) is 1. The molecule has 0 radical (unpaired) electrons. The Kier molecular flexibility index (Phi) is 3.25. The minimum atomic E-state index is -0.532. The number of amides is 2. The van der Waals surface area contributed by atoms with E-state index in [2.05, 4.69) is 12.1 Å². The molecule has 0 aliphatic carbocycles. The van der Waals surface area contributed by atoms with E-state index in [1.54, 1.807) is 28.8 Å². The van der Waals surface area contributed by atoms with Crippen LogP contribution in [0.2, 0.25) is 0 Å². The van der Waals surface area contributed by atoms with Crippen LogP contribution in [0.5, 0.6) is 0 Å². The second-order valence-corrected chi connectivity index (χ2v) is 6.51. The lowest BCUT2D eigenvalue weighted by atomic mass is 9.92. The van der Waals surface area contributed by atoms with Crippen LogP contribution >= 0.6 is 0 Å². The normalized spacial score (nSPS) is 22.1. The molecule has 1 spiro atoms. The van der Waals surface area contributed by atoms with Crippen LogP contribution in [0, 0.1) is 0 Å². The van der Waals surface area contributed by atoms with E-state index in [0.29, 0.717) is 31.0 Å². The Bertz CT molecular complexity index is 842. The smallest absolute Gasteiger partial charge is 0.270 e. The third kappa shape index (κ3) is 2.14. The Balaban J connectivity index is 1.60. The summed E-state index contributed by atoms with van der Waals surface area (Å²) in [4.78, 5) is 26.0. The average molecular weight is 325 g/mol. The molecule has 124 valence electrons. The van der Waals surface area contributed by atoms with Gasteiger partial charge in [-0.2, -0.15) is 0 Å². The fraction of sp³-hybridized carbons (Fsp3) is 0.333. The van der Waals surface area contributed by atoms with Crippen molar-refractivity contribution in [1.82, 2.24) is 9.47 Å². The highest BCUT2D eigenvalue weighted by Gasteiger charge is 2.47. The van der Waals surface area contributed by atoms with Gasteiger partial charge in [-0.15, -0.1) is 0 Å². The van der Waals surface area contributed by atoms with E-state index in [0.717, 1.165) is 6.42 Å². The Labute approximate surface area is 139 Å². The summed E-state index contributed by atoms with van der Waals surface area (Å²) in [7, 11) is 1.74. The third-order valence-electron chi connectivity index (χ3n) is 5.04. The van der Waals surface area contributed by atoms with Crippen molar-refractivity contribution in [2.24, 2.45) is 12.8 Å². The molecule has 6 heteroatoms. The first kappa shape index (κ1) is 15.0. The lowest BCUT2D eigenvalue weighted by molar-refractivity contribution is -0.0283. The number of fused-ring (bicyclic) bond motifs is 2. The summed E-state index contributed by atoms with van der Waals surface area (Å²) in [5.74, 6) is -0.634. The molecule has 2 N–H and O–H groups in total. The van der Waals surface area contributed by atoms with Gasteiger partial charge in [0.2, 0.25) is 5.91 Å². The SMILES string of the molecule is Cn1cc(C(N)=O)cc1C(=O)N1CCC2(C1)OCc1ccccc12. The lowest BCUT2D eigenvalue weighted by Crippen LogP contribution is -2.35. The lowest BCUT2D eigenvalue weighted by Gasteiger charge is -2.24. The van der Waals surface area contributed by atoms with Crippen LogP contribution in [-0.4, -0.2) is 34.4 Å². The number of carbonyl (C=O) groups excluding carboxylic acids is 2. The molecular weight excluding hydrogens is 306 g/mol. The maximum atomic E-state index is 12.9. The van der Waals surface area contributed by atoms with Gasteiger partial charge in [-0.05, 0) is 23.6 Å². The molecule has 4 rings (SSSR count). The zero-order valence-electron chi connectivity index (χ0n) is 13.5. The van der Waals surface area contributed by atoms with Gasteiger partial charge in [-0.25, -0.2) is 0 Å². The molecule has 2 amide bonds. The fourth-order valence-corrected chi connectivity index (χ4v) is 3.75. The quantitative estimate of drug-likeness (QED) is 0.906. The van der Waals surface area contributed by atoms with Gasteiger partial charge in [0.05, 0.1) is 18.7 Å². The molecule has 1 aromatic heterocycles. The van der Waals surface area contributed by atoms with Crippen molar-refractivity contribution in [2.45, 2.75) is 18.6 Å². The summed E-state index contributed by atoms with van der Waals surface area (Å²) in [5, 5.41) is 0. The van der Waals surface area contributed by atoms with Crippen LogP contribution in [0.25, 0.3) is 0 Å². The highest BCUT2D eigenvalue weighted by Crippen LogP contribution is 2.43. The summed E-state index contributed by atoms with van der Waals surface area (Å²) < 4.78 is 7.74. The van der Waals surface area contributed by atoms with Gasteiger partial charge in [-0.1, -0.05) is 24.3 Å². The largest absolute Gasteiger partial charge is 0.366 e. The van der Waals surface area contributed by atoms with Crippen molar-refractivity contribution in [3.8, 4) is 0 Å². The van der Waals surface area contributed by atoms with Gasteiger partial charge in [0.1, 0.15) is 11.3 Å². The number of hydrogen-bond acceptors (Lipinski definition) is 3. The van der Waals surface area contributed by atoms with Gasteiger partial charge in [0.15, 0.2) is 0 Å². The molecule has 2 aliphatic heterocycles. The number of primary amides is 1. The minimum absolute atomic E-state index is 0.102. The van der Waals surface area contributed by atoms with E-state index >= 15 is 0 Å². The van der Waals surface area contributed by atoms with E-state index in [-0.39, 0.29) is 5.91 Å². The van der Waals surface area contributed by atoms with Crippen molar-refractivity contribution in [2.75, 3.05) is 13.1 Å². The van der Waals surface area contributed by atoms with E-state index < -0.39 is 11.5 Å². The predicted octanol–water partition coefficient (Wildman–Crippen LogP) is 1.40. The van der Waals surface area contributed by atoms with Gasteiger partial charge in [0.25, 0.3) is 5.91 Å². The minimum Gasteiger partial charge on any atom is -0.366 e. The number of nitrogens with zero attached hydrogens (tertiary/aromatic N) is 2. The van der Waals surface area contributed by atoms with E-state index in [1.807, 2.05) is 12.1 Å². The average Bonchev–Trinajstić information content (AvgIpc) is 3.26. The number of carbonyl (C=O) groups is 2. The number of likely N-dealkylation sites (tertiary alicyclic amines) is 1. The summed E-state index contributed by atoms with van der Waals surface area (Å²) in [6.07, 6.45) is 2.37. The van der Waals surface area contributed by atoms with Crippen LogP contribution in [0.3, 0.4) is 0 Å². The third-order valence-corrected chi connectivity index (χ3v) is 5.04. The Hall–Kier alpha value is -2.60. The monoisotopic (exact) mass is 325 g/mol.